The van der Waals surface area contributed by atoms with Crippen LogP contribution in [-0.2, 0) is 4.79 Å². The van der Waals surface area contributed by atoms with Gasteiger partial charge in [0.1, 0.15) is 12.4 Å². The van der Waals surface area contributed by atoms with Crippen molar-refractivity contribution in [3.05, 3.63) is 18.2 Å². The fraction of sp³-hybridized carbons (Fsp3) is 0.562. The fourth-order valence-corrected chi connectivity index (χ4v) is 2.89. The van der Waals surface area contributed by atoms with Crippen LogP contribution in [0.25, 0.3) is 0 Å². The second-order valence-electron chi connectivity index (χ2n) is 5.84. The van der Waals surface area contributed by atoms with Crippen LogP contribution < -0.4 is 25.3 Å². The average Bonchev–Trinajstić information content (AvgIpc) is 2.99. The number of benzene rings is 1. The van der Waals surface area contributed by atoms with E-state index in [1.165, 1.54) is 6.42 Å². The van der Waals surface area contributed by atoms with Gasteiger partial charge in [-0.1, -0.05) is 19.3 Å². The van der Waals surface area contributed by atoms with Crippen LogP contribution in [0, 0.1) is 0 Å². The lowest BCUT2D eigenvalue weighted by Gasteiger charge is -2.31. The van der Waals surface area contributed by atoms with Gasteiger partial charge in [0, 0.05) is 6.07 Å². The van der Waals surface area contributed by atoms with Crippen molar-refractivity contribution in [2.45, 2.75) is 37.6 Å². The molecule has 1 amide bonds. The van der Waals surface area contributed by atoms with Crippen molar-refractivity contribution >= 4 is 5.91 Å². The first-order chi connectivity index (χ1) is 10.7. The third kappa shape index (κ3) is 3.27. The van der Waals surface area contributed by atoms with Gasteiger partial charge in [-0.2, -0.15) is 0 Å². The minimum atomic E-state index is -0.697. The molecule has 3 N–H and O–H groups in total. The summed E-state index contributed by atoms with van der Waals surface area (Å²) in [6.45, 7) is 1.07. The molecule has 0 atom stereocenters. The molecule has 1 saturated carbocycles. The molecule has 6 heteroatoms. The van der Waals surface area contributed by atoms with Crippen molar-refractivity contribution in [1.29, 1.82) is 0 Å². The maximum Gasteiger partial charge on any atom is 0.240 e. The van der Waals surface area contributed by atoms with Crippen LogP contribution in [-0.4, -0.2) is 31.4 Å². The molecule has 0 bridgehead atoms. The van der Waals surface area contributed by atoms with E-state index < -0.39 is 5.54 Å². The van der Waals surface area contributed by atoms with Gasteiger partial charge in [-0.15, -0.1) is 0 Å². The smallest absolute Gasteiger partial charge is 0.240 e. The van der Waals surface area contributed by atoms with Crippen LogP contribution in [0.2, 0.25) is 0 Å². The summed E-state index contributed by atoms with van der Waals surface area (Å²) in [5.41, 5.74) is 5.48. The molecule has 0 aromatic heterocycles. The van der Waals surface area contributed by atoms with E-state index in [9.17, 15) is 4.79 Å². The number of fused-ring (bicyclic) bond motifs is 1. The topological polar surface area (TPSA) is 82.8 Å². The maximum atomic E-state index is 12.2. The lowest BCUT2D eigenvalue weighted by molar-refractivity contribution is -0.127. The van der Waals surface area contributed by atoms with E-state index in [1.54, 1.807) is 6.07 Å². The largest absolute Gasteiger partial charge is 0.492 e. The maximum absolute atomic E-state index is 12.2. The lowest BCUT2D eigenvalue weighted by Crippen LogP contribution is -2.55. The zero-order valence-corrected chi connectivity index (χ0v) is 12.6. The van der Waals surface area contributed by atoms with Crippen molar-refractivity contribution in [2.75, 3.05) is 19.9 Å². The Kier molecular flexibility index (Phi) is 4.38. The molecule has 1 aliphatic heterocycles. The summed E-state index contributed by atoms with van der Waals surface area (Å²) in [6, 6.07) is 5.42. The second-order valence-corrected chi connectivity index (χ2v) is 5.84. The summed E-state index contributed by atoms with van der Waals surface area (Å²) in [4.78, 5) is 12.2. The van der Waals surface area contributed by atoms with Gasteiger partial charge in [-0.3, -0.25) is 4.79 Å². The summed E-state index contributed by atoms with van der Waals surface area (Å²) < 4.78 is 16.1. The summed E-state index contributed by atoms with van der Waals surface area (Å²) >= 11 is 0. The highest BCUT2D eigenvalue weighted by molar-refractivity contribution is 5.86. The van der Waals surface area contributed by atoms with E-state index in [1.807, 2.05) is 12.1 Å². The minimum absolute atomic E-state index is 0.0681. The van der Waals surface area contributed by atoms with Crippen molar-refractivity contribution in [2.24, 2.45) is 5.73 Å². The van der Waals surface area contributed by atoms with E-state index >= 15 is 0 Å². The van der Waals surface area contributed by atoms with E-state index in [2.05, 4.69) is 5.32 Å². The molecule has 0 saturated heterocycles. The highest BCUT2D eigenvalue weighted by atomic mass is 16.7. The number of amides is 1. The van der Waals surface area contributed by atoms with Gasteiger partial charge in [-0.25, -0.2) is 0 Å². The summed E-state index contributed by atoms with van der Waals surface area (Å²) in [7, 11) is 0. The van der Waals surface area contributed by atoms with Crippen molar-refractivity contribution < 1.29 is 19.0 Å². The van der Waals surface area contributed by atoms with Gasteiger partial charge in [0.15, 0.2) is 11.5 Å². The normalized spacial score (nSPS) is 18.8. The third-order valence-corrected chi connectivity index (χ3v) is 4.20. The molecular weight excluding hydrogens is 284 g/mol. The van der Waals surface area contributed by atoms with Gasteiger partial charge in [0.05, 0.1) is 12.1 Å². The molecule has 2 aliphatic rings. The van der Waals surface area contributed by atoms with E-state index in [0.29, 0.717) is 24.7 Å². The minimum Gasteiger partial charge on any atom is -0.492 e. The van der Waals surface area contributed by atoms with Crippen LogP contribution in [0.3, 0.4) is 0 Å². The van der Waals surface area contributed by atoms with Gasteiger partial charge in [0.25, 0.3) is 0 Å². The molecule has 0 radical (unpaired) electrons. The Labute approximate surface area is 129 Å². The van der Waals surface area contributed by atoms with E-state index in [-0.39, 0.29) is 12.7 Å². The van der Waals surface area contributed by atoms with Crippen molar-refractivity contribution in [3.8, 4) is 17.2 Å². The summed E-state index contributed by atoms with van der Waals surface area (Å²) in [6.07, 6.45) is 4.75. The number of ether oxygens (including phenoxy) is 3. The Morgan fingerprint density at radius 2 is 2.00 bits per heavy atom. The Morgan fingerprint density at radius 3 is 2.82 bits per heavy atom. The molecule has 0 unspecified atom stereocenters. The van der Waals surface area contributed by atoms with Crippen LogP contribution in [0.1, 0.15) is 32.1 Å². The highest BCUT2D eigenvalue weighted by Crippen LogP contribution is 2.35. The van der Waals surface area contributed by atoms with Gasteiger partial charge >= 0.3 is 0 Å². The quantitative estimate of drug-likeness (QED) is 0.807. The Hall–Kier alpha value is -1.95. The van der Waals surface area contributed by atoms with Crippen molar-refractivity contribution in [3.63, 3.8) is 0 Å². The number of hydrogen-bond acceptors (Lipinski definition) is 5. The third-order valence-electron chi connectivity index (χ3n) is 4.20. The molecular formula is C16H22N2O4. The van der Waals surface area contributed by atoms with Gasteiger partial charge in [-0.05, 0) is 25.0 Å². The number of nitrogens with two attached hydrogens (primary N) is 1. The molecule has 0 spiro atoms. The molecule has 120 valence electrons. The number of carbonyl (C=O) groups is 1. The summed E-state index contributed by atoms with van der Waals surface area (Å²) in [5.74, 6) is 2.03. The number of carbonyl (C=O) groups excluding carboxylic acids is 1. The first-order valence-electron chi connectivity index (χ1n) is 7.77. The first kappa shape index (κ1) is 15.0. The standard InChI is InChI=1S/C16H22N2O4/c17-16(6-2-1-3-7-16)15(19)18-8-9-20-12-4-5-13-14(10-12)22-11-21-13/h4-5,10H,1-3,6-9,11,17H2,(H,18,19). The summed E-state index contributed by atoms with van der Waals surface area (Å²) in [5, 5.41) is 2.87. The van der Waals surface area contributed by atoms with Crippen LogP contribution in [0.4, 0.5) is 0 Å². The Bertz CT molecular complexity index is 541. The fourth-order valence-electron chi connectivity index (χ4n) is 2.89. The molecule has 3 rings (SSSR count). The Balaban J connectivity index is 1.42. The van der Waals surface area contributed by atoms with E-state index in [4.69, 9.17) is 19.9 Å². The van der Waals surface area contributed by atoms with Crippen molar-refractivity contribution in [1.82, 2.24) is 5.32 Å². The molecule has 1 aromatic rings. The predicted molar refractivity (Wildman–Crippen MR) is 81.1 cm³/mol. The van der Waals surface area contributed by atoms with E-state index in [0.717, 1.165) is 31.4 Å². The van der Waals surface area contributed by atoms with Crippen LogP contribution in [0.5, 0.6) is 17.2 Å². The Morgan fingerprint density at radius 1 is 1.23 bits per heavy atom. The predicted octanol–water partition coefficient (Wildman–Crippen LogP) is 1.57. The average molecular weight is 306 g/mol. The van der Waals surface area contributed by atoms with Gasteiger partial charge in [0.2, 0.25) is 12.7 Å². The zero-order chi connectivity index (χ0) is 15.4. The van der Waals surface area contributed by atoms with Gasteiger partial charge < -0.3 is 25.3 Å². The molecule has 1 heterocycles. The molecule has 1 fully saturated rings. The molecule has 22 heavy (non-hydrogen) atoms. The second kappa shape index (κ2) is 6.44. The molecule has 6 nitrogen and oxygen atoms in total. The molecule has 1 aromatic carbocycles. The number of hydrogen-bond donors (Lipinski definition) is 2. The monoisotopic (exact) mass is 306 g/mol. The van der Waals surface area contributed by atoms with Crippen LogP contribution in [0.15, 0.2) is 18.2 Å². The number of rotatable bonds is 5. The van der Waals surface area contributed by atoms with Crippen LogP contribution >= 0.6 is 0 Å². The number of nitrogens with one attached hydrogen (secondary N) is 1. The molecule has 1 aliphatic carbocycles. The zero-order valence-electron chi connectivity index (χ0n) is 12.6. The first-order valence-corrected chi connectivity index (χ1v) is 7.77. The lowest BCUT2D eigenvalue weighted by atomic mass is 9.82. The highest BCUT2D eigenvalue weighted by Gasteiger charge is 2.34. The SMILES string of the molecule is NC1(C(=O)NCCOc2ccc3c(c2)OCO3)CCCCC1.